The van der Waals surface area contributed by atoms with Crippen LogP contribution < -0.4 is 9.62 Å². The van der Waals surface area contributed by atoms with Crippen molar-refractivity contribution in [1.29, 1.82) is 0 Å². The van der Waals surface area contributed by atoms with Crippen LogP contribution in [0.3, 0.4) is 0 Å². The predicted octanol–water partition coefficient (Wildman–Crippen LogP) is 4.80. The van der Waals surface area contributed by atoms with Crippen molar-refractivity contribution in [3.8, 4) is 0 Å². The van der Waals surface area contributed by atoms with Gasteiger partial charge < -0.3 is 14.9 Å². The third kappa shape index (κ3) is 6.16. The molecule has 4 rings (SSSR count). The summed E-state index contributed by atoms with van der Waals surface area (Å²) >= 11 is 0. The van der Waals surface area contributed by atoms with Gasteiger partial charge in [0, 0.05) is 25.3 Å². The highest BCUT2D eigenvalue weighted by Crippen LogP contribution is 2.31. The summed E-state index contributed by atoms with van der Waals surface area (Å²) in [4.78, 5) is 16.9. The first kappa shape index (κ1) is 25.5. The van der Waals surface area contributed by atoms with Gasteiger partial charge in [-0.15, -0.1) is 0 Å². The van der Waals surface area contributed by atoms with Crippen molar-refractivity contribution in [2.24, 2.45) is 5.92 Å². The molecule has 0 spiro atoms. The van der Waals surface area contributed by atoms with Gasteiger partial charge in [-0.05, 0) is 86.0 Å². The Morgan fingerprint density at radius 1 is 1.03 bits per heavy atom. The van der Waals surface area contributed by atoms with Crippen LogP contribution in [0.4, 0.5) is 11.4 Å². The molecule has 0 bridgehead atoms. The summed E-state index contributed by atoms with van der Waals surface area (Å²) in [6.07, 6.45) is 4.70. The van der Waals surface area contributed by atoms with Crippen LogP contribution in [-0.2, 0) is 15.4 Å². The Hall–Kier alpha value is -2.58. The van der Waals surface area contributed by atoms with Gasteiger partial charge in [0.15, 0.2) is 0 Å². The van der Waals surface area contributed by atoms with E-state index >= 15 is 0 Å². The van der Waals surface area contributed by atoms with E-state index in [0.717, 1.165) is 51.1 Å². The summed E-state index contributed by atoms with van der Waals surface area (Å²) in [5, 5.41) is 9.93. The lowest BCUT2D eigenvalue weighted by molar-refractivity contribution is 0.0697. The summed E-state index contributed by atoms with van der Waals surface area (Å²) in [5.74, 6) is -0.546. The van der Waals surface area contributed by atoms with Gasteiger partial charge in [-0.3, -0.25) is 4.72 Å². The molecule has 2 aromatic carbocycles. The third-order valence-electron chi connectivity index (χ3n) is 7.08. The molecule has 2 heterocycles. The highest BCUT2D eigenvalue weighted by molar-refractivity contribution is 7.92. The van der Waals surface area contributed by atoms with Gasteiger partial charge in [-0.25, -0.2) is 13.2 Å². The molecule has 2 aliphatic rings. The van der Waals surface area contributed by atoms with Gasteiger partial charge >= 0.3 is 5.97 Å². The monoisotopic (exact) mass is 499 g/mol. The molecule has 0 saturated carbocycles. The maximum absolute atomic E-state index is 13.0. The summed E-state index contributed by atoms with van der Waals surface area (Å²) in [6, 6.07) is 11.6. The molecule has 2 N–H and O–H groups in total. The standard InChI is InChI=1S/C27H37N3O4S/c1-27(2,3)21-8-11-23(12-9-21)35(33,34)28-22-10-13-25(24(17-22)26(31)32)30-16-6-7-20(19-30)18-29-14-4-5-15-29/h8-13,17,20,28H,4-7,14-16,18-19H2,1-3H3,(H,31,32)/t20-/m1/s1. The minimum atomic E-state index is -3.84. The summed E-state index contributed by atoms with van der Waals surface area (Å²) < 4.78 is 28.5. The van der Waals surface area contributed by atoms with Crippen molar-refractivity contribution in [2.45, 2.75) is 56.8 Å². The van der Waals surface area contributed by atoms with E-state index in [-0.39, 0.29) is 21.6 Å². The number of hydrogen-bond acceptors (Lipinski definition) is 5. The van der Waals surface area contributed by atoms with Crippen LogP contribution in [0.15, 0.2) is 47.4 Å². The van der Waals surface area contributed by atoms with Crippen LogP contribution in [0.2, 0.25) is 0 Å². The molecule has 190 valence electrons. The third-order valence-corrected chi connectivity index (χ3v) is 8.48. The Bertz CT molecular complexity index is 1150. The molecular formula is C27H37N3O4S. The number of carboxylic acids is 1. The molecule has 2 fully saturated rings. The van der Waals surface area contributed by atoms with Crippen molar-refractivity contribution in [3.05, 3.63) is 53.6 Å². The molecule has 0 aliphatic carbocycles. The van der Waals surface area contributed by atoms with E-state index < -0.39 is 16.0 Å². The molecule has 0 aromatic heterocycles. The van der Waals surface area contributed by atoms with Gasteiger partial charge in [0.25, 0.3) is 10.0 Å². The van der Waals surface area contributed by atoms with Gasteiger partial charge in [-0.1, -0.05) is 32.9 Å². The quantitative estimate of drug-likeness (QED) is 0.569. The van der Waals surface area contributed by atoms with Crippen molar-refractivity contribution in [1.82, 2.24) is 4.90 Å². The number of sulfonamides is 1. The number of nitrogens with zero attached hydrogens (tertiary/aromatic N) is 2. The molecule has 2 saturated heterocycles. The molecule has 0 unspecified atom stereocenters. The zero-order valence-corrected chi connectivity index (χ0v) is 21.8. The largest absolute Gasteiger partial charge is 0.478 e. The lowest BCUT2D eigenvalue weighted by Crippen LogP contribution is -2.41. The highest BCUT2D eigenvalue weighted by Gasteiger charge is 2.27. The van der Waals surface area contributed by atoms with Gasteiger partial charge in [-0.2, -0.15) is 0 Å². The van der Waals surface area contributed by atoms with E-state index in [1.807, 2.05) is 12.1 Å². The van der Waals surface area contributed by atoms with Gasteiger partial charge in [0.2, 0.25) is 0 Å². The summed E-state index contributed by atoms with van der Waals surface area (Å²) in [5.41, 5.74) is 1.98. The maximum Gasteiger partial charge on any atom is 0.337 e. The first-order valence-corrected chi connectivity index (χ1v) is 14.0. The van der Waals surface area contributed by atoms with Crippen molar-refractivity contribution in [3.63, 3.8) is 0 Å². The number of hydrogen-bond donors (Lipinski definition) is 2. The minimum Gasteiger partial charge on any atom is -0.478 e. The highest BCUT2D eigenvalue weighted by atomic mass is 32.2. The van der Waals surface area contributed by atoms with Gasteiger partial charge in [0.05, 0.1) is 16.1 Å². The lowest BCUT2D eigenvalue weighted by Gasteiger charge is -2.36. The second kappa shape index (κ2) is 10.2. The summed E-state index contributed by atoms with van der Waals surface area (Å²) in [7, 11) is -3.84. The van der Waals surface area contributed by atoms with E-state index in [9.17, 15) is 18.3 Å². The molecule has 0 amide bonds. The van der Waals surface area contributed by atoms with Crippen LogP contribution in [0.5, 0.6) is 0 Å². The molecule has 8 heteroatoms. The van der Waals surface area contributed by atoms with Crippen LogP contribution in [0.1, 0.15) is 62.4 Å². The number of aromatic carboxylic acids is 1. The molecule has 1 atom stereocenters. The number of benzene rings is 2. The summed E-state index contributed by atoms with van der Waals surface area (Å²) in [6.45, 7) is 11.2. The smallest absolute Gasteiger partial charge is 0.337 e. The normalized spacial score (nSPS) is 19.6. The number of nitrogens with one attached hydrogen (secondary N) is 1. The van der Waals surface area contributed by atoms with E-state index in [0.29, 0.717) is 11.6 Å². The Morgan fingerprint density at radius 2 is 1.71 bits per heavy atom. The van der Waals surface area contributed by atoms with Crippen molar-refractivity contribution in [2.75, 3.05) is 42.3 Å². The first-order valence-electron chi connectivity index (χ1n) is 12.5. The number of rotatable bonds is 7. The average Bonchev–Trinajstić information content (AvgIpc) is 3.31. The molecular weight excluding hydrogens is 462 g/mol. The van der Waals surface area contributed by atoms with E-state index in [4.69, 9.17) is 0 Å². The molecule has 0 radical (unpaired) electrons. The topological polar surface area (TPSA) is 90.0 Å². The van der Waals surface area contributed by atoms with E-state index in [1.54, 1.807) is 24.3 Å². The van der Waals surface area contributed by atoms with Crippen LogP contribution >= 0.6 is 0 Å². The lowest BCUT2D eigenvalue weighted by atomic mass is 9.87. The van der Waals surface area contributed by atoms with E-state index in [1.165, 1.54) is 18.9 Å². The fourth-order valence-corrected chi connectivity index (χ4v) is 6.21. The molecule has 7 nitrogen and oxygen atoms in total. The number of carboxylic acid groups (broad SMARTS) is 1. The van der Waals surface area contributed by atoms with E-state index in [2.05, 4.69) is 35.3 Å². The molecule has 2 aromatic rings. The van der Waals surface area contributed by atoms with Crippen LogP contribution in [0.25, 0.3) is 0 Å². The second-order valence-electron chi connectivity index (χ2n) is 10.9. The van der Waals surface area contributed by atoms with Crippen molar-refractivity contribution < 1.29 is 18.3 Å². The zero-order chi connectivity index (χ0) is 25.2. The fourth-order valence-electron chi connectivity index (χ4n) is 5.16. The number of likely N-dealkylation sites (tertiary alicyclic amines) is 1. The Balaban J connectivity index is 1.51. The Kier molecular flexibility index (Phi) is 7.43. The first-order chi connectivity index (χ1) is 16.5. The Morgan fingerprint density at radius 3 is 2.34 bits per heavy atom. The van der Waals surface area contributed by atoms with Crippen LogP contribution in [0, 0.1) is 5.92 Å². The zero-order valence-electron chi connectivity index (χ0n) is 21.0. The second-order valence-corrected chi connectivity index (χ2v) is 12.6. The molecule has 2 aliphatic heterocycles. The number of carbonyl (C=O) groups is 1. The Labute approximate surface area is 209 Å². The maximum atomic E-state index is 13.0. The van der Waals surface area contributed by atoms with Crippen molar-refractivity contribution >= 4 is 27.4 Å². The SMILES string of the molecule is CC(C)(C)c1ccc(S(=O)(=O)Nc2ccc(N3CCC[C@H](CN4CCCC4)C3)c(C(=O)O)c2)cc1. The average molecular weight is 500 g/mol. The van der Waals surface area contributed by atoms with Gasteiger partial charge in [0.1, 0.15) is 0 Å². The predicted molar refractivity (Wildman–Crippen MR) is 140 cm³/mol. The number of anilines is 2. The fraction of sp³-hybridized carbons (Fsp3) is 0.519. The molecule has 35 heavy (non-hydrogen) atoms. The number of piperidine rings is 1. The van der Waals surface area contributed by atoms with Crippen LogP contribution in [-0.4, -0.2) is 57.1 Å². The minimum absolute atomic E-state index is 0.0795.